The highest BCUT2D eigenvalue weighted by molar-refractivity contribution is 9.10. The van der Waals surface area contributed by atoms with E-state index in [-0.39, 0.29) is 18.0 Å². The first-order valence-electron chi connectivity index (χ1n) is 4.90. The lowest BCUT2D eigenvalue weighted by atomic mass is 10.2. The number of halogens is 2. The van der Waals surface area contributed by atoms with Crippen molar-refractivity contribution in [3.8, 4) is 0 Å². The number of nitrogens with zero attached hydrogens (tertiary/aromatic N) is 2. The van der Waals surface area contributed by atoms with Crippen LogP contribution < -0.4 is 0 Å². The van der Waals surface area contributed by atoms with E-state index in [9.17, 15) is 4.79 Å². The maximum Gasteiger partial charge on any atom is 0.303 e. The number of aromatic nitrogens is 2. The van der Waals surface area contributed by atoms with E-state index in [0.717, 1.165) is 4.47 Å². The molecule has 0 fully saturated rings. The Labute approximate surface area is 111 Å². The van der Waals surface area contributed by atoms with Crippen LogP contribution in [0.2, 0.25) is 5.15 Å². The number of aliphatic carboxylic acids is 1. The van der Waals surface area contributed by atoms with Crippen LogP contribution in [0.5, 0.6) is 0 Å². The smallest absolute Gasteiger partial charge is 0.303 e. The fraction of sp³-hybridized carbons (Fsp3) is 0.182. The third-order valence-corrected chi connectivity index (χ3v) is 3.02. The van der Waals surface area contributed by atoms with E-state index in [4.69, 9.17) is 16.7 Å². The van der Waals surface area contributed by atoms with Crippen LogP contribution >= 0.6 is 27.5 Å². The molecule has 0 radical (unpaired) electrons. The van der Waals surface area contributed by atoms with Gasteiger partial charge in [-0.2, -0.15) is 0 Å². The summed E-state index contributed by atoms with van der Waals surface area (Å²) in [6, 6.07) is 5.48. The molecule has 6 heteroatoms. The lowest BCUT2D eigenvalue weighted by Crippen LogP contribution is -2.01. The molecule has 0 amide bonds. The van der Waals surface area contributed by atoms with Crippen LogP contribution in [0.4, 0.5) is 0 Å². The van der Waals surface area contributed by atoms with Crippen LogP contribution in [-0.2, 0) is 11.2 Å². The standard InChI is InChI=1S/C11H8BrClN2O2/c12-6-1-2-7-9(5-6)14-8(11(13)15-7)3-4-10(16)17/h1-2,5H,3-4H2,(H,16,17). The molecule has 0 aliphatic carbocycles. The fourth-order valence-corrected chi connectivity index (χ4v) is 2.00. The van der Waals surface area contributed by atoms with Gasteiger partial charge in [-0.15, -0.1) is 0 Å². The Bertz CT molecular complexity index is 589. The van der Waals surface area contributed by atoms with Crippen molar-refractivity contribution < 1.29 is 9.90 Å². The molecule has 4 nitrogen and oxygen atoms in total. The summed E-state index contributed by atoms with van der Waals surface area (Å²) >= 11 is 9.29. The fourth-order valence-electron chi connectivity index (χ4n) is 1.43. The van der Waals surface area contributed by atoms with Crippen molar-refractivity contribution in [1.29, 1.82) is 0 Å². The van der Waals surface area contributed by atoms with Crippen molar-refractivity contribution in [2.75, 3.05) is 0 Å². The third kappa shape index (κ3) is 2.92. The van der Waals surface area contributed by atoms with Gasteiger partial charge in [0, 0.05) is 10.9 Å². The van der Waals surface area contributed by atoms with Crippen molar-refractivity contribution in [2.24, 2.45) is 0 Å². The highest BCUT2D eigenvalue weighted by Gasteiger charge is 2.09. The Balaban J connectivity index is 2.42. The van der Waals surface area contributed by atoms with Gasteiger partial charge in [0.2, 0.25) is 0 Å². The number of rotatable bonds is 3. The minimum Gasteiger partial charge on any atom is -0.481 e. The normalized spacial score (nSPS) is 10.7. The van der Waals surface area contributed by atoms with Crippen LogP contribution in [0, 0.1) is 0 Å². The Hall–Kier alpha value is -1.20. The van der Waals surface area contributed by atoms with E-state index in [2.05, 4.69) is 25.9 Å². The molecule has 0 atom stereocenters. The van der Waals surface area contributed by atoms with Gasteiger partial charge in [0.15, 0.2) is 5.15 Å². The molecule has 0 unspecified atom stereocenters. The molecule has 1 heterocycles. The topological polar surface area (TPSA) is 63.1 Å². The molecule has 0 spiro atoms. The molecule has 0 aliphatic heterocycles. The summed E-state index contributed by atoms with van der Waals surface area (Å²) in [6.07, 6.45) is 0.275. The summed E-state index contributed by atoms with van der Waals surface area (Å²) in [7, 11) is 0. The van der Waals surface area contributed by atoms with Gasteiger partial charge in [-0.25, -0.2) is 9.97 Å². The predicted octanol–water partition coefficient (Wildman–Crippen LogP) is 3.06. The number of carboxylic acid groups (broad SMARTS) is 1. The number of carboxylic acids is 1. The maximum absolute atomic E-state index is 10.5. The lowest BCUT2D eigenvalue weighted by Gasteiger charge is -2.04. The van der Waals surface area contributed by atoms with Crippen molar-refractivity contribution in [2.45, 2.75) is 12.8 Å². The van der Waals surface area contributed by atoms with Gasteiger partial charge in [-0.05, 0) is 18.2 Å². The number of hydrogen-bond acceptors (Lipinski definition) is 3. The highest BCUT2D eigenvalue weighted by atomic mass is 79.9. The number of hydrogen-bond donors (Lipinski definition) is 1. The van der Waals surface area contributed by atoms with E-state index in [1.807, 2.05) is 12.1 Å². The van der Waals surface area contributed by atoms with E-state index in [0.29, 0.717) is 16.7 Å². The van der Waals surface area contributed by atoms with Crippen molar-refractivity contribution >= 4 is 44.5 Å². The molecule has 0 aliphatic rings. The molecule has 88 valence electrons. The Kier molecular flexibility index (Phi) is 3.59. The zero-order valence-electron chi connectivity index (χ0n) is 8.65. The van der Waals surface area contributed by atoms with Crippen LogP contribution in [0.25, 0.3) is 11.0 Å². The second kappa shape index (κ2) is 4.98. The van der Waals surface area contributed by atoms with E-state index in [1.54, 1.807) is 6.07 Å². The van der Waals surface area contributed by atoms with E-state index < -0.39 is 5.97 Å². The minimum absolute atomic E-state index is 0.00604. The molecule has 2 rings (SSSR count). The second-order valence-electron chi connectivity index (χ2n) is 3.49. The Morgan fingerprint density at radius 1 is 1.35 bits per heavy atom. The Morgan fingerprint density at radius 2 is 2.12 bits per heavy atom. The zero-order chi connectivity index (χ0) is 12.4. The van der Waals surface area contributed by atoms with Gasteiger partial charge in [-0.3, -0.25) is 4.79 Å². The molecular weight excluding hydrogens is 307 g/mol. The summed E-state index contributed by atoms with van der Waals surface area (Å²) in [5.74, 6) is -0.878. The largest absolute Gasteiger partial charge is 0.481 e. The molecule has 0 saturated carbocycles. The first kappa shape index (κ1) is 12.3. The molecule has 17 heavy (non-hydrogen) atoms. The average Bonchev–Trinajstić information content (AvgIpc) is 2.26. The van der Waals surface area contributed by atoms with Crippen molar-refractivity contribution in [1.82, 2.24) is 9.97 Å². The van der Waals surface area contributed by atoms with Crippen molar-refractivity contribution in [3.63, 3.8) is 0 Å². The van der Waals surface area contributed by atoms with E-state index in [1.165, 1.54) is 0 Å². The van der Waals surface area contributed by atoms with Crippen LogP contribution in [0.1, 0.15) is 12.1 Å². The molecule has 1 aromatic heterocycles. The summed E-state index contributed by atoms with van der Waals surface area (Å²) in [4.78, 5) is 19.0. The maximum atomic E-state index is 10.5. The number of aryl methyl sites for hydroxylation is 1. The quantitative estimate of drug-likeness (QED) is 0.945. The van der Waals surface area contributed by atoms with Gasteiger partial charge in [-0.1, -0.05) is 27.5 Å². The monoisotopic (exact) mass is 314 g/mol. The van der Waals surface area contributed by atoms with Crippen LogP contribution in [0.3, 0.4) is 0 Å². The van der Waals surface area contributed by atoms with Gasteiger partial charge < -0.3 is 5.11 Å². The van der Waals surface area contributed by atoms with Gasteiger partial charge in [0.1, 0.15) is 0 Å². The van der Waals surface area contributed by atoms with Crippen molar-refractivity contribution in [3.05, 3.63) is 33.5 Å². The molecule has 0 bridgehead atoms. The molecule has 1 N–H and O–H groups in total. The second-order valence-corrected chi connectivity index (χ2v) is 4.76. The molecule has 1 aromatic carbocycles. The van der Waals surface area contributed by atoms with Gasteiger partial charge >= 0.3 is 5.97 Å². The SMILES string of the molecule is O=C(O)CCc1nc2cc(Br)ccc2nc1Cl. The highest BCUT2D eigenvalue weighted by Crippen LogP contribution is 2.21. The number of carbonyl (C=O) groups is 1. The minimum atomic E-state index is -0.878. The first-order chi connectivity index (χ1) is 8.06. The van der Waals surface area contributed by atoms with E-state index >= 15 is 0 Å². The van der Waals surface area contributed by atoms with Gasteiger partial charge in [0.05, 0.1) is 23.1 Å². The first-order valence-corrected chi connectivity index (χ1v) is 6.07. The summed E-state index contributed by atoms with van der Waals surface area (Å²) < 4.78 is 0.894. The summed E-state index contributed by atoms with van der Waals surface area (Å²) in [5, 5.41) is 8.89. The Morgan fingerprint density at radius 3 is 2.82 bits per heavy atom. The van der Waals surface area contributed by atoms with Gasteiger partial charge in [0.25, 0.3) is 0 Å². The molecule has 0 saturated heterocycles. The summed E-state index contributed by atoms with van der Waals surface area (Å²) in [5.41, 5.74) is 1.90. The van der Waals surface area contributed by atoms with Crippen LogP contribution in [0.15, 0.2) is 22.7 Å². The van der Waals surface area contributed by atoms with Crippen LogP contribution in [-0.4, -0.2) is 21.0 Å². The average molecular weight is 316 g/mol. The number of benzene rings is 1. The lowest BCUT2D eigenvalue weighted by molar-refractivity contribution is -0.136. The third-order valence-electron chi connectivity index (χ3n) is 2.23. The number of fused-ring (bicyclic) bond motifs is 1. The molecule has 2 aromatic rings. The summed E-state index contributed by atoms with van der Waals surface area (Å²) in [6.45, 7) is 0. The zero-order valence-corrected chi connectivity index (χ0v) is 11.0. The predicted molar refractivity (Wildman–Crippen MR) is 68.2 cm³/mol. The molecular formula is C11H8BrClN2O2.